The highest BCUT2D eigenvalue weighted by atomic mass is 16.5. The second-order valence-corrected chi connectivity index (χ2v) is 6.00. The molecule has 0 bridgehead atoms. The minimum Gasteiger partial charge on any atom is -0.384 e. The van der Waals surface area contributed by atoms with Gasteiger partial charge in [0.05, 0.1) is 6.61 Å². The van der Waals surface area contributed by atoms with Gasteiger partial charge in [-0.3, -0.25) is 0 Å². The van der Waals surface area contributed by atoms with Gasteiger partial charge in [-0.25, -0.2) is 0 Å². The fourth-order valence-electron chi connectivity index (χ4n) is 3.40. The summed E-state index contributed by atoms with van der Waals surface area (Å²) in [6.45, 7) is 6.91. The zero-order chi connectivity index (χ0) is 11.6. The van der Waals surface area contributed by atoms with Crippen LogP contribution in [0.2, 0.25) is 0 Å². The molecule has 3 unspecified atom stereocenters. The van der Waals surface area contributed by atoms with Crippen LogP contribution in [0.25, 0.3) is 0 Å². The molecular weight excluding hydrogens is 200 g/mol. The maximum atomic E-state index is 6.23. The highest BCUT2D eigenvalue weighted by molar-refractivity contribution is 4.94. The topological polar surface area (TPSA) is 38.5 Å². The van der Waals surface area contributed by atoms with Gasteiger partial charge in [0.2, 0.25) is 0 Å². The largest absolute Gasteiger partial charge is 0.384 e. The van der Waals surface area contributed by atoms with Crippen molar-refractivity contribution in [2.45, 2.75) is 38.6 Å². The Morgan fingerprint density at radius 2 is 2.25 bits per heavy atom. The van der Waals surface area contributed by atoms with Crippen LogP contribution < -0.4 is 5.73 Å². The van der Waals surface area contributed by atoms with Gasteiger partial charge in [0.15, 0.2) is 0 Å². The Hall–Kier alpha value is -0.120. The summed E-state index contributed by atoms with van der Waals surface area (Å²) in [7, 11) is 1.80. The first-order chi connectivity index (χ1) is 7.64. The normalized spacial score (nSPS) is 40.7. The molecular formula is C13H26N2O. The average molecular weight is 226 g/mol. The van der Waals surface area contributed by atoms with Crippen LogP contribution >= 0.6 is 0 Å². The third-order valence-corrected chi connectivity index (χ3v) is 4.52. The molecule has 0 aromatic carbocycles. The first-order valence-electron chi connectivity index (χ1n) is 6.61. The molecule has 2 fully saturated rings. The molecule has 0 aromatic rings. The number of ether oxygens (including phenoxy) is 1. The summed E-state index contributed by atoms with van der Waals surface area (Å²) in [6, 6.07) is 0.411. The van der Waals surface area contributed by atoms with Crippen molar-refractivity contribution in [1.29, 1.82) is 0 Å². The number of rotatable bonds is 4. The van der Waals surface area contributed by atoms with E-state index in [1.54, 1.807) is 7.11 Å². The predicted octanol–water partition coefficient (Wildman–Crippen LogP) is 1.47. The summed E-state index contributed by atoms with van der Waals surface area (Å²) in [5, 5.41) is 0. The standard InChI is InChI=1S/C13H26N2O/c1-13(6-3-4-12(13)14)10-15-7-5-11(8-15)9-16-2/h11-12H,3-10,14H2,1-2H3. The molecule has 1 aliphatic heterocycles. The molecule has 16 heavy (non-hydrogen) atoms. The minimum atomic E-state index is 0.363. The third-order valence-electron chi connectivity index (χ3n) is 4.52. The van der Waals surface area contributed by atoms with Crippen LogP contribution in [0.1, 0.15) is 32.6 Å². The highest BCUT2D eigenvalue weighted by Crippen LogP contribution is 2.38. The summed E-state index contributed by atoms with van der Waals surface area (Å²) in [5.74, 6) is 0.742. The Morgan fingerprint density at radius 3 is 2.88 bits per heavy atom. The molecule has 3 heteroatoms. The van der Waals surface area contributed by atoms with Crippen LogP contribution in [0.5, 0.6) is 0 Å². The second-order valence-electron chi connectivity index (χ2n) is 6.00. The number of hydrogen-bond donors (Lipinski definition) is 1. The van der Waals surface area contributed by atoms with Crippen molar-refractivity contribution in [3.05, 3.63) is 0 Å². The Morgan fingerprint density at radius 1 is 1.44 bits per heavy atom. The lowest BCUT2D eigenvalue weighted by Crippen LogP contribution is -2.43. The zero-order valence-corrected chi connectivity index (χ0v) is 10.7. The van der Waals surface area contributed by atoms with Crippen LogP contribution in [0.15, 0.2) is 0 Å². The van der Waals surface area contributed by atoms with Crippen molar-refractivity contribution in [2.24, 2.45) is 17.1 Å². The van der Waals surface area contributed by atoms with Crippen molar-refractivity contribution in [1.82, 2.24) is 4.90 Å². The van der Waals surface area contributed by atoms with Gasteiger partial charge in [0, 0.05) is 26.2 Å². The van der Waals surface area contributed by atoms with Gasteiger partial charge >= 0.3 is 0 Å². The molecule has 1 saturated heterocycles. The van der Waals surface area contributed by atoms with E-state index in [0.29, 0.717) is 11.5 Å². The molecule has 0 aromatic heterocycles. The first kappa shape index (κ1) is 12.3. The van der Waals surface area contributed by atoms with Crippen LogP contribution in [0, 0.1) is 11.3 Å². The van der Waals surface area contributed by atoms with E-state index < -0.39 is 0 Å². The molecule has 0 spiro atoms. The van der Waals surface area contributed by atoms with Gasteiger partial charge in [0.1, 0.15) is 0 Å². The Labute approximate surface area is 99.3 Å². The minimum absolute atomic E-state index is 0.363. The number of likely N-dealkylation sites (tertiary alicyclic amines) is 1. The second kappa shape index (κ2) is 5.03. The molecule has 2 N–H and O–H groups in total. The third kappa shape index (κ3) is 2.58. The van der Waals surface area contributed by atoms with Crippen LogP contribution in [0.4, 0.5) is 0 Å². The van der Waals surface area contributed by atoms with E-state index in [4.69, 9.17) is 10.5 Å². The smallest absolute Gasteiger partial charge is 0.0503 e. The van der Waals surface area contributed by atoms with Crippen molar-refractivity contribution >= 4 is 0 Å². The van der Waals surface area contributed by atoms with E-state index in [2.05, 4.69) is 11.8 Å². The van der Waals surface area contributed by atoms with Gasteiger partial charge in [-0.2, -0.15) is 0 Å². The zero-order valence-electron chi connectivity index (χ0n) is 10.7. The average Bonchev–Trinajstić information content (AvgIpc) is 2.77. The number of hydrogen-bond acceptors (Lipinski definition) is 3. The van der Waals surface area contributed by atoms with E-state index >= 15 is 0 Å². The van der Waals surface area contributed by atoms with Crippen molar-refractivity contribution in [3.63, 3.8) is 0 Å². The van der Waals surface area contributed by atoms with Crippen LogP contribution in [-0.4, -0.2) is 44.3 Å². The van der Waals surface area contributed by atoms with Crippen molar-refractivity contribution < 1.29 is 4.74 Å². The molecule has 0 amide bonds. The van der Waals surface area contributed by atoms with Gasteiger partial charge in [-0.05, 0) is 37.1 Å². The van der Waals surface area contributed by atoms with Gasteiger partial charge < -0.3 is 15.4 Å². The molecule has 0 radical (unpaired) electrons. The van der Waals surface area contributed by atoms with E-state index in [1.807, 2.05) is 0 Å². The predicted molar refractivity (Wildman–Crippen MR) is 66.4 cm³/mol. The SMILES string of the molecule is COCC1CCN(CC2(C)CCCC2N)C1. The molecule has 2 rings (SSSR count). The van der Waals surface area contributed by atoms with Crippen molar-refractivity contribution in [2.75, 3.05) is 33.4 Å². The summed E-state index contributed by atoms with van der Waals surface area (Å²) in [5.41, 5.74) is 6.60. The number of nitrogens with zero attached hydrogens (tertiary/aromatic N) is 1. The van der Waals surface area contributed by atoms with E-state index in [1.165, 1.54) is 45.3 Å². The quantitative estimate of drug-likeness (QED) is 0.789. The molecule has 94 valence electrons. The van der Waals surface area contributed by atoms with Gasteiger partial charge in [0.25, 0.3) is 0 Å². The fraction of sp³-hybridized carbons (Fsp3) is 1.00. The van der Waals surface area contributed by atoms with Gasteiger partial charge in [-0.1, -0.05) is 13.3 Å². The van der Waals surface area contributed by atoms with Gasteiger partial charge in [-0.15, -0.1) is 0 Å². The lowest BCUT2D eigenvalue weighted by atomic mass is 9.84. The van der Waals surface area contributed by atoms with Crippen molar-refractivity contribution in [3.8, 4) is 0 Å². The van der Waals surface area contributed by atoms with Crippen LogP contribution in [-0.2, 0) is 4.74 Å². The molecule has 1 aliphatic carbocycles. The molecule has 1 saturated carbocycles. The molecule has 3 nitrogen and oxygen atoms in total. The summed E-state index contributed by atoms with van der Waals surface area (Å²) < 4.78 is 5.24. The maximum absolute atomic E-state index is 6.23. The van der Waals surface area contributed by atoms with E-state index in [9.17, 15) is 0 Å². The Bertz CT molecular complexity index is 234. The summed E-state index contributed by atoms with van der Waals surface area (Å²) >= 11 is 0. The Balaban J connectivity index is 1.82. The molecule has 1 heterocycles. The Kier molecular flexibility index (Phi) is 3.88. The summed E-state index contributed by atoms with van der Waals surface area (Å²) in [6.07, 6.45) is 5.12. The highest BCUT2D eigenvalue weighted by Gasteiger charge is 2.39. The monoisotopic (exact) mass is 226 g/mol. The van der Waals surface area contributed by atoms with E-state index in [0.717, 1.165) is 12.5 Å². The lowest BCUT2D eigenvalue weighted by molar-refractivity contribution is 0.139. The first-order valence-corrected chi connectivity index (χ1v) is 6.61. The molecule has 3 atom stereocenters. The summed E-state index contributed by atoms with van der Waals surface area (Å²) in [4.78, 5) is 2.59. The fourth-order valence-corrected chi connectivity index (χ4v) is 3.40. The number of methoxy groups -OCH3 is 1. The number of nitrogens with two attached hydrogens (primary N) is 1. The van der Waals surface area contributed by atoms with Crippen LogP contribution in [0.3, 0.4) is 0 Å². The van der Waals surface area contributed by atoms with E-state index in [-0.39, 0.29) is 0 Å². The maximum Gasteiger partial charge on any atom is 0.0503 e. The lowest BCUT2D eigenvalue weighted by Gasteiger charge is -2.33. The molecule has 2 aliphatic rings.